The van der Waals surface area contributed by atoms with Crippen molar-refractivity contribution in [3.63, 3.8) is 0 Å². The summed E-state index contributed by atoms with van der Waals surface area (Å²) in [6.45, 7) is 13.0. The minimum absolute atomic E-state index is 1.16. The Morgan fingerprint density at radius 2 is 1.16 bits per heavy atom. The molecular weight excluding hydrogens is 236 g/mol. The lowest BCUT2D eigenvalue weighted by molar-refractivity contribution is 0.274. The molecule has 2 N–H and O–H groups in total. The molecule has 0 unspecified atom stereocenters. The van der Waals surface area contributed by atoms with Crippen LogP contribution in [0.1, 0.15) is 32.6 Å². The third kappa shape index (κ3) is 9.38. The highest BCUT2D eigenvalue weighted by atomic mass is 15.1. The van der Waals surface area contributed by atoms with Crippen molar-refractivity contribution in [1.29, 1.82) is 0 Å². The molecule has 114 valence electrons. The van der Waals surface area contributed by atoms with Gasteiger partial charge in [0.15, 0.2) is 0 Å². The Morgan fingerprint density at radius 1 is 0.737 bits per heavy atom. The SMILES string of the molecule is CCN1CCCNCCCN(C)CCCNCCC1. The van der Waals surface area contributed by atoms with Crippen molar-refractivity contribution >= 4 is 0 Å². The molecular formula is C15H34N4. The van der Waals surface area contributed by atoms with E-state index >= 15 is 0 Å². The summed E-state index contributed by atoms with van der Waals surface area (Å²) in [5.41, 5.74) is 0. The first-order valence-electron chi connectivity index (χ1n) is 8.15. The number of hydrogen-bond donors (Lipinski definition) is 2. The van der Waals surface area contributed by atoms with Crippen LogP contribution in [0.2, 0.25) is 0 Å². The van der Waals surface area contributed by atoms with E-state index in [0.717, 1.165) is 13.1 Å². The van der Waals surface area contributed by atoms with E-state index < -0.39 is 0 Å². The van der Waals surface area contributed by atoms with Crippen LogP contribution in [0.5, 0.6) is 0 Å². The largest absolute Gasteiger partial charge is 0.317 e. The predicted molar refractivity (Wildman–Crippen MR) is 83.8 cm³/mol. The molecule has 0 aromatic rings. The number of nitrogens with zero attached hydrogens (tertiary/aromatic N) is 2. The summed E-state index contributed by atoms with van der Waals surface area (Å²) >= 11 is 0. The summed E-state index contributed by atoms with van der Waals surface area (Å²) in [5.74, 6) is 0. The second-order valence-corrected chi connectivity index (χ2v) is 5.65. The molecule has 4 heteroatoms. The zero-order valence-electron chi connectivity index (χ0n) is 13.1. The Hall–Kier alpha value is -0.160. The van der Waals surface area contributed by atoms with Gasteiger partial charge >= 0.3 is 0 Å². The Kier molecular flexibility index (Phi) is 10.4. The molecule has 1 saturated heterocycles. The second-order valence-electron chi connectivity index (χ2n) is 5.65. The highest BCUT2D eigenvalue weighted by Gasteiger charge is 2.03. The van der Waals surface area contributed by atoms with Gasteiger partial charge in [-0.25, -0.2) is 0 Å². The predicted octanol–water partition coefficient (Wildman–Crippen LogP) is 0.993. The molecule has 1 rings (SSSR count). The van der Waals surface area contributed by atoms with Crippen molar-refractivity contribution in [2.45, 2.75) is 32.6 Å². The van der Waals surface area contributed by atoms with E-state index in [1.165, 1.54) is 71.5 Å². The van der Waals surface area contributed by atoms with E-state index in [1.54, 1.807) is 0 Å². The third-order valence-corrected chi connectivity index (χ3v) is 3.89. The molecule has 19 heavy (non-hydrogen) atoms. The average Bonchev–Trinajstić information content (AvgIpc) is 2.41. The van der Waals surface area contributed by atoms with Gasteiger partial charge in [-0.15, -0.1) is 0 Å². The van der Waals surface area contributed by atoms with E-state index in [2.05, 4.69) is 34.4 Å². The maximum absolute atomic E-state index is 3.57. The van der Waals surface area contributed by atoms with Gasteiger partial charge in [0.1, 0.15) is 0 Å². The number of rotatable bonds is 1. The maximum atomic E-state index is 3.57. The Morgan fingerprint density at radius 3 is 1.58 bits per heavy atom. The lowest BCUT2D eigenvalue weighted by Gasteiger charge is -2.21. The van der Waals surface area contributed by atoms with Crippen LogP contribution in [0.15, 0.2) is 0 Å². The molecule has 1 aliphatic rings. The molecule has 0 aromatic heterocycles. The van der Waals surface area contributed by atoms with Gasteiger partial charge in [-0.1, -0.05) is 6.92 Å². The normalized spacial score (nSPS) is 24.3. The van der Waals surface area contributed by atoms with Gasteiger partial charge < -0.3 is 20.4 Å². The molecule has 0 bridgehead atoms. The van der Waals surface area contributed by atoms with Crippen molar-refractivity contribution in [1.82, 2.24) is 20.4 Å². The fraction of sp³-hybridized carbons (Fsp3) is 1.00. The van der Waals surface area contributed by atoms with Gasteiger partial charge in [0.25, 0.3) is 0 Å². The van der Waals surface area contributed by atoms with E-state index in [-0.39, 0.29) is 0 Å². The van der Waals surface area contributed by atoms with Crippen LogP contribution in [0.25, 0.3) is 0 Å². The first kappa shape index (κ1) is 16.9. The zero-order chi connectivity index (χ0) is 13.8. The molecule has 0 radical (unpaired) electrons. The summed E-state index contributed by atoms with van der Waals surface area (Å²) in [7, 11) is 2.24. The summed E-state index contributed by atoms with van der Waals surface area (Å²) in [4.78, 5) is 5.02. The summed E-state index contributed by atoms with van der Waals surface area (Å²) in [5, 5.41) is 7.13. The fourth-order valence-corrected chi connectivity index (χ4v) is 2.59. The average molecular weight is 270 g/mol. The highest BCUT2D eigenvalue weighted by Crippen LogP contribution is 1.95. The van der Waals surface area contributed by atoms with Crippen LogP contribution in [-0.2, 0) is 0 Å². The minimum atomic E-state index is 1.16. The molecule has 0 aromatic carbocycles. The van der Waals surface area contributed by atoms with E-state index in [4.69, 9.17) is 0 Å². The molecule has 0 amide bonds. The van der Waals surface area contributed by atoms with Crippen molar-refractivity contribution in [2.24, 2.45) is 0 Å². The quantitative estimate of drug-likeness (QED) is 0.744. The topological polar surface area (TPSA) is 30.5 Å². The smallest absolute Gasteiger partial charge is 0.000675 e. The first-order chi connectivity index (χ1) is 9.33. The van der Waals surface area contributed by atoms with Gasteiger partial charge in [0, 0.05) is 0 Å². The van der Waals surface area contributed by atoms with Gasteiger partial charge in [0.05, 0.1) is 0 Å². The second kappa shape index (κ2) is 11.6. The van der Waals surface area contributed by atoms with Crippen LogP contribution in [0.4, 0.5) is 0 Å². The zero-order valence-corrected chi connectivity index (χ0v) is 13.1. The first-order valence-corrected chi connectivity index (χ1v) is 8.15. The van der Waals surface area contributed by atoms with Gasteiger partial charge in [-0.2, -0.15) is 0 Å². The Balaban J connectivity index is 2.21. The fourth-order valence-electron chi connectivity index (χ4n) is 2.59. The van der Waals surface area contributed by atoms with Crippen molar-refractivity contribution in [2.75, 3.05) is 66.0 Å². The van der Waals surface area contributed by atoms with Crippen molar-refractivity contribution < 1.29 is 0 Å². The molecule has 1 heterocycles. The minimum Gasteiger partial charge on any atom is -0.317 e. The van der Waals surface area contributed by atoms with Gasteiger partial charge in [-0.3, -0.25) is 0 Å². The molecule has 0 saturated carbocycles. The number of nitrogens with one attached hydrogen (secondary N) is 2. The van der Waals surface area contributed by atoms with Crippen molar-refractivity contribution in [3.05, 3.63) is 0 Å². The van der Waals surface area contributed by atoms with Gasteiger partial charge in [-0.05, 0) is 91.6 Å². The van der Waals surface area contributed by atoms with E-state index in [1.807, 2.05) is 0 Å². The summed E-state index contributed by atoms with van der Waals surface area (Å²) < 4.78 is 0. The molecule has 0 atom stereocenters. The Labute approximate surface area is 119 Å². The lowest BCUT2D eigenvalue weighted by Crippen LogP contribution is -2.32. The van der Waals surface area contributed by atoms with Gasteiger partial charge in [0.2, 0.25) is 0 Å². The summed E-state index contributed by atoms with van der Waals surface area (Å²) in [6.07, 6.45) is 5.08. The molecule has 1 fully saturated rings. The maximum Gasteiger partial charge on any atom is -0.000675 e. The molecule has 1 aliphatic heterocycles. The van der Waals surface area contributed by atoms with Crippen LogP contribution >= 0.6 is 0 Å². The lowest BCUT2D eigenvalue weighted by atomic mass is 10.3. The molecule has 0 spiro atoms. The van der Waals surface area contributed by atoms with Crippen LogP contribution in [0, 0.1) is 0 Å². The highest BCUT2D eigenvalue weighted by molar-refractivity contribution is 4.61. The standard InChI is InChI=1S/C15H34N4/c1-3-19-14-6-10-16-8-4-12-18(2)13-5-9-17-11-7-15-19/h16-17H,3-15H2,1-2H3. The molecule has 0 aliphatic carbocycles. The van der Waals surface area contributed by atoms with E-state index in [0.29, 0.717) is 0 Å². The number of hydrogen-bond acceptors (Lipinski definition) is 4. The van der Waals surface area contributed by atoms with E-state index in [9.17, 15) is 0 Å². The monoisotopic (exact) mass is 270 g/mol. The van der Waals surface area contributed by atoms with Crippen LogP contribution < -0.4 is 10.6 Å². The van der Waals surface area contributed by atoms with Crippen LogP contribution in [-0.4, -0.2) is 75.8 Å². The third-order valence-electron chi connectivity index (χ3n) is 3.89. The van der Waals surface area contributed by atoms with Crippen LogP contribution in [0.3, 0.4) is 0 Å². The molecule has 4 nitrogen and oxygen atoms in total. The Bertz CT molecular complexity index is 181. The van der Waals surface area contributed by atoms with Crippen molar-refractivity contribution in [3.8, 4) is 0 Å². The summed E-state index contributed by atoms with van der Waals surface area (Å²) in [6, 6.07) is 0.